The number of hydrogen-bond acceptors (Lipinski definition) is 3. The third-order valence-electron chi connectivity index (χ3n) is 2.67. The van der Waals surface area contributed by atoms with Crippen LogP contribution in [0.2, 0.25) is 0 Å². The smallest absolute Gasteiger partial charge is 0.326 e. The summed E-state index contributed by atoms with van der Waals surface area (Å²) in [5, 5.41) is 0.848. The second-order valence-corrected chi connectivity index (χ2v) is 5.43. The van der Waals surface area contributed by atoms with Crippen molar-refractivity contribution in [3.63, 3.8) is 0 Å². The Hall–Kier alpha value is -2.10. The fourth-order valence-electron chi connectivity index (χ4n) is 2.01. The summed E-state index contributed by atoms with van der Waals surface area (Å²) >= 11 is 0. The molecule has 0 aliphatic rings. The van der Waals surface area contributed by atoms with Crippen molar-refractivity contribution < 1.29 is 14.3 Å². The first-order valence-corrected chi connectivity index (χ1v) is 6.15. The van der Waals surface area contributed by atoms with Crippen molar-refractivity contribution in [1.29, 1.82) is 0 Å². The molecule has 100 valence electrons. The van der Waals surface area contributed by atoms with Gasteiger partial charge in [0.2, 0.25) is 0 Å². The molecule has 1 heterocycles. The maximum absolute atomic E-state index is 11.8. The maximum Gasteiger partial charge on any atom is 0.326 e. The summed E-state index contributed by atoms with van der Waals surface area (Å²) in [6.45, 7) is 5.59. The highest BCUT2D eigenvalue weighted by atomic mass is 16.6. The number of ether oxygens (including phenoxy) is 1. The molecule has 2 rings (SSSR count). The summed E-state index contributed by atoms with van der Waals surface area (Å²) < 4.78 is 7.03. The normalized spacial score (nSPS) is 11.5. The predicted molar refractivity (Wildman–Crippen MR) is 73.2 cm³/mol. The highest BCUT2D eigenvalue weighted by molar-refractivity contribution is 5.98. The van der Waals surface area contributed by atoms with Crippen LogP contribution in [0.15, 0.2) is 30.5 Å². The van der Waals surface area contributed by atoms with Gasteiger partial charge in [0.1, 0.15) is 12.1 Å². The van der Waals surface area contributed by atoms with E-state index in [9.17, 15) is 9.59 Å². The van der Waals surface area contributed by atoms with E-state index in [2.05, 4.69) is 0 Å². The highest BCUT2D eigenvalue weighted by Gasteiger charge is 2.17. The Balaban J connectivity index is 2.31. The van der Waals surface area contributed by atoms with Crippen molar-refractivity contribution in [2.24, 2.45) is 0 Å². The molecule has 19 heavy (non-hydrogen) atoms. The lowest BCUT2D eigenvalue weighted by Gasteiger charge is -2.19. The van der Waals surface area contributed by atoms with Crippen LogP contribution in [0.4, 0.5) is 0 Å². The number of fused-ring (bicyclic) bond motifs is 1. The van der Waals surface area contributed by atoms with Crippen LogP contribution in [0.25, 0.3) is 10.9 Å². The average Bonchev–Trinajstić information content (AvgIpc) is 2.65. The van der Waals surface area contributed by atoms with Crippen molar-refractivity contribution in [2.45, 2.75) is 32.9 Å². The van der Waals surface area contributed by atoms with Crippen LogP contribution in [0.3, 0.4) is 0 Å². The molecule has 0 aliphatic carbocycles. The van der Waals surface area contributed by atoms with Crippen molar-refractivity contribution in [2.75, 3.05) is 0 Å². The van der Waals surface area contributed by atoms with Gasteiger partial charge < -0.3 is 9.30 Å². The topological polar surface area (TPSA) is 48.3 Å². The Morgan fingerprint density at radius 3 is 2.63 bits per heavy atom. The molecule has 0 radical (unpaired) electrons. The van der Waals surface area contributed by atoms with Crippen LogP contribution < -0.4 is 0 Å². The second kappa shape index (κ2) is 4.88. The van der Waals surface area contributed by atoms with Crippen LogP contribution in [-0.2, 0) is 16.1 Å². The van der Waals surface area contributed by atoms with E-state index < -0.39 is 5.60 Å². The van der Waals surface area contributed by atoms with Crippen LogP contribution in [0.1, 0.15) is 31.1 Å². The van der Waals surface area contributed by atoms with Gasteiger partial charge in [-0.3, -0.25) is 9.59 Å². The van der Waals surface area contributed by atoms with Crippen LogP contribution >= 0.6 is 0 Å². The summed E-state index contributed by atoms with van der Waals surface area (Å²) in [7, 11) is 0. The van der Waals surface area contributed by atoms with E-state index in [4.69, 9.17) is 4.74 Å². The molecular weight excluding hydrogens is 242 g/mol. The molecule has 0 amide bonds. The molecule has 0 atom stereocenters. The lowest BCUT2D eigenvalue weighted by Crippen LogP contribution is -2.26. The fraction of sp³-hybridized carbons (Fsp3) is 0.333. The largest absolute Gasteiger partial charge is 0.459 e. The number of rotatable bonds is 3. The Kier molecular flexibility index (Phi) is 3.42. The lowest BCUT2D eigenvalue weighted by molar-refractivity contribution is -0.155. The van der Waals surface area contributed by atoms with Gasteiger partial charge in [-0.05, 0) is 26.8 Å². The van der Waals surface area contributed by atoms with Gasteiger partial charge in [-0.2, -0.15) is 0 Å². The molecule has 0 bridgehead atoms. The Morgan fingerprint density at radius 1 is 1.32 bits per heavy atom. The molecule has 0 fully saturated rings. The van der Waals surface area contributed by atoms with Gasteiger partial charge in [0.05, 0.1) is 0 Å². The summed E-state index contributed by atoms with van der Waals surface area (Å²) in [6.07, 6.45) is 2.48. The molecule has 1 aromatic carbocycles. The lowest BCUT2D eigenvalue weighted by atomic mass is 10.2. The summed E-state index contributed by atoms with van der Waals surface area (Å²) in [5.41, 5.74) is 0.933. The maximum atomic E-state index is 11.8. The number of carbonyl (C=O) groups excluding carboxylic acids is 2. The zero-order chi connectivity index (χ0) is 14.0. The highest BCUT2D eigenvalue weighted by Crippen LogP contribution is 2.20. The summed E-state index contributed by atoms with van der Waals surface area (Å²) in [5.74, 6) is -0.314. The van der Waals surface area contributed by atoms with Gasteiger partial charge in [0.25, 0.3) is 0 Å². The number of benzene rings is 1. The molecular formula is C15H17NO3. The SMILES string of the molecule is CC(C)(C)OC(=O)Cn1cc(C=O)c2ccccc21. The third kappa shape index (κ3) is 3.02. The molecule has 0 aliphatic heterocycles. The number of nitrogens with zero attached hydrogens (tertiary/aromatic N) is 1. The molecule has 0 saturated heterocycles. The fourth-order valence-corrected chi connectivity index (χ4v) is 2.01. The second-order valence-electron chi connectivity index (χ2n) is 5.43. The Labute approximate surface area is 112 Å². The first kappa shape index (κ1) is 13.3. The van der Waals surface area contributed by atoms with Crippen molar-refractivity contribution in [3.8, 4) is 0 Å². The Bertz CT molecular complexity index is 620. The van der Waals surface area contributed by atoms with Gasteiger partial charge in [0.15, 0.2) is 6.29 Å². The molecule has 2 aromatic rings. The van der Waals surface area contributed by atoms with Gasteiger partial charge in [-0.15, -0.1) is 0 Å². The van der Waals surface area contributed by atoms with Gasteiger partial charge in [0, 0.05) is 22.7 Å². The zero-order valence-electron chi connectivity index (χ0n) is 11.3. The van der Waals surface area contributed by atoms with Crippen molar-refractivity contribution in [3.05, 3.63) is 36.0 Å². The number of aldehydes is 1. The van der Waals surface area contributed by atoms with E-state index in [0.717, 1.165) is 17.2 Å². The van der Waals surface area contributed by atoms with Gasteiger partial charge in [-0.25, -0.2) is 0 Å². The molecule has 1 aromatic heterocycles. The summed E-state index contributed by atoms with van der Waals surface area (Å²) in [6, 6.07) is 7.49. The van der Waals surface area contributed by atoms with Crippen LogP contribution in [-0.4, -0.2) is 22.4 Å². The van der Waals surface area contributed by atoms with E-state index in [-0.39, 0.29) is 12.5 Å². The van der Waals surface area contributed by atoms with E-state index in [1.54, 1.807) is 10.8 Å². The quantitative estimate of drug-likeness (QED) is 0.629. The molecule has 0 unspecified atom stereocenters. The van der Waals surface area contributed by atoms with Gasteiger partial charge >= 0.3 is 5.97 Å². The van der Waals surface area contributed by atoms with Crippen molar-refractivity contribution >= 4 is 23.2 Å². The molecule has 0 N–H and O–H groups in total. The zero-order valence-corrected chi connectivity index (χ0v) is 11.3. The average molecular weight is 259 g/mol. The third-order valence-corrected chi connectivity index (χ3v) is 2.67. The van der Waals surface area contributed by atoms with E-state index >= 15 is 0 Å². The number of aromatic nitrogens is 1. The van der Waals surface area contributed by atoms with Crippen molar-refractivity contribution in [1.82, 2.24) is 4.57 Å². The molecule has 4 nitrogen and oxygen atoms in total. The standard InChI is InChI=1S/C15H17NO3/c1-15(2,3)19-14(18)9-16-8-11(10-17)12-6-4-5-7-13(12)16/h4-8,10H,9H2,1-3H3. The minimum atomic E-state index is -0.506. The minimum Gasteiger partial charge on any atom is -0.459 e. The number of esters is 1. The number of hydrogen-bond donors (Lipinski definition) is 0. The predicted octanol–water partition coefficient (Wildman–Crippen LogP) is 2.80. The molecule has 0 saturated carbocycles. The van der Waals surface area contributed by atoms with E-state index in [1.165, 1.54) is 0 Å². The first-order valence-electron chi connectivity index (χ1n) is 6.15. The Morgan fingerprint density at radius 2 is 2.00 bits per heavy atom. The van der Waals surface area contributed by atoms with Gasteiger partial charge in [-0.1, -0.05) is 18.2 Å². The molecule has 4 heteroatoms. The molecule has 0 spiro atoms. The van der Waals surface area contributed by atoms with E-state index in [1.807, 2.05) is 45.0 Å². The van der Waals surface area contributed by atoms with Crippen LogP contribution in [0, 0.1) is 0 Å². The first-order chi connectivity index (χ1) is 8.90. The van der Waals surface area contributed by atoms with Crippen LogP contribution in [0.5, 0.6) is 0 Å². The van der Waals surface area contributed by atoms with E-state index in [0.29, 0.717) is 5.56 Å². The minimum absolute atomic E-state index is 0.103. The monoisotopic (exact) mass is 259 g/mol. The number of para-hydroxylation sites is 1. The number of carbonyl (C=O) groups is 2. The summed E-state index contributed by atoms with van der Waals surface area (Å²) in [4.78, 5) is 22.9.